The highest BCUT2D eigenvalue weighted by Gasteiger charge is 2.45. The third kappa shape index (κ3) is 7.16. The predicted octanol–water partition coefficient (Wildman–Crippen LogP) is 0.938. The van der Waals surface area contributed by atoms with Crippen molar-refractivity contribution >= 4 is 12.0 Å². The van der Waals surface area contributed by atoms with Gasteiger partial charge in [-0.15, -0.1) is 0 Å². The largest absolute Gasteiger partial charge is 0.504 e. The Bertz CT molecular complexity index is 1340. The first-order valence-corrected chi connectivity index (χ1v) is 13.9. The van der Waals surface area contributed by atoms with Crippen molar-refractivity contribution in [1.82, 2.24) is 0 Å². The molecule has 1 saturated heterocycles. The van der Waals surface area contributed by atoms with Crippen molar-refractivity contribution in [3.05, 3.63) is 65.3 Å². The Kier molecular flexibility index (Phi) is 11.2. The molecular weight excluding hydrogens is 580 g/mol. The first kappa shape index (κ1) is 33.2. The van der Waals surface area contributed by atoms with Gasteiger partial charge in [-0.2, -0.15) is 0 Å². The number of aliphatic hydroxyl groups is 5. The smallest absolute Gasteiger partial charge is 0.333 e. The molecule has 0 saturated carbocycles. The Morgan fingerprint density at radius 2 is 1.77 bits per heavy atom. The number of phenolic OH excluding ortho intramolecular Hbond substituents is 1. The molecule has 0 amide bonds. The van der Waals surface area contributed by atoms with Gasteiger partial charge in [0, 0.05) is 24.2 Å². The molecule has 240 valence electrons. The summed E-state index contributed by atoms with van der Waals surface area (Å²) in [5.74, 6) is -0.0469. The molecule has 2 heterocycles. The number of fused-ring (bicyclic) bond motifs is 1. The van der Waals surface area contributed by atoms with Crippen LogP contribution in [0.2, 0.25) is 0 Å². The highest BCUT2D eigenvalue weighted by Crippen LogP contribution is 2.51. The minimum absolute atomic E-state index is 0.0177. The van der Waals surface area contributed by atoms with Gasteiger partial charge >= 0.3 is 5.97 Å². The number of methoxy groups -OCH3 is 2. The molecule has 2 aromatic rings. The second-order valence-electron chi connectivity index (χ2n) is 10.3. The van der Waals surface area contributed by atoms with Gasteiger partial charge in [0.15, 0.2) is 29.3 Å². The van der Waals surface area contributed by atoms with Crippen molar-refractivity contribution in [3.8, 4) is 23.0 Å². The normalized spacial score (nSPS) is 26.2. The fraction of sp³-hybridized carbons (Fsp3) is 0.452. The van der Waals surface area contributed by atoms with E-state index in [2.05, 4.69) is 6.58 Å². The van der Waals surface area contributed by atoms with Crippen LogP contribution in [0, 0.1) is 0 Å². The van der Waals surface area contributed by atoms with Gasteiger partial charge in [0.2, 0.25) is 0 Å². The number of carbonyl (C=O) groups excluding carboxylic acids is 1. The van der Waals surface area contributed by atoms with Gasteiger partial charge in [-0.25, -0.2) is 4.79 Å². The number of benzene rings is 2. The maximum Gasteiger partial charge on any atom is 0.333 e. The van der Waals surface area contributed by atoms with Crippen LogP contribution in [-0.2, 0) is 19.0 Å². The molecule has 7 atom stereocenters. The molecule has 2 aliphatic heterocycles. The topological polar surface area (TPSA) is 194 Å². The van der Waals surface area contributed by atoms with Crippen LogP contribution < -0.4 is 14.2 Å². The van der Waals surface area contributed by atoms with Crippen molar-refractivity contribution in [2.45, 2.75) is 49.1 Å². The lowest BCUT2D eigenvalue weighted by Crippen LogP contribution is -2.59. The fourth-order valence-electron chi connectivity index (χ4n) is 5.06. The highest BCUT2D eigenvalue weighted by atomic mass is 16.7. The third-order valence-corrected chi connectivity index (χ3v) is 7.48. The van der Waals surface area contributed by atoms with E-state index in [4.69, 9.17) is 33.5 Å². The molecule has 2 aromatic carbocycles. The van der Waals surface area contributed by atoms with Crippen LogP contribution >= 0.6 is 0 Å². The van der Waals surface area contributed by atoms with Gasteiger partial charge in [0.25, 0.3) is 0 Å². The van der Waals surface area contributed by atoms with Crippen molar-refractivity contribution in [2.24, 2.45) is 0 Å². The van der Waals surface area contributed by atoms with Crippen molar-refractivity contribution in [1.29, 1.82) is 0 Å². The summed E-state index contributed by atoms with van der Waals surface area (Å²) in [6.07, 6.45) is -4.47. The van der Waals surface area contributed by atoms with Gasteiger partial charge < -0.3 is 59.1 Å². The molecule has 0 aliphatic carbocycles. The van der Waals surface area contributed by atoms with Gasteiger partial charge in [-0.3, -0.25) is 0 Å². The minimum atomic E-state index is -1.63. The van der Waals surface area contributed by atoms with E-state index in [0.29, 0.717) is 28.2 Å². The molecule has 0 unspecified atom stereocenters. The molecule has 6 N–H and O–H groups in total. The second kappa shape index (κ2) is 14.9. The van der Waals surface area contributed by atoms with E-state index < -0.39 is 55.3 Å². The molecule has 44 heavy (non-hydrogen) atoms. The summed E-state index contributed by atoms with van der Waals surface area (Å²) < 4.78 is 33.2. The SMILES string of the molecule is C=C(CCO)C(=O)OC[C@H]1O[C@@H](OCC=Cc2cc(OC)c3c(c2)[C@H](CO)[C@@H](c2ccc(O)c(OC)c2)O3)[C@H](O)[C@@H](O)[C@@H]1O. The number of hydrogen-bond donors (Lipinski definition) is 6. The Morgan fingerprint density at radius 3 is 2.45 bits per heavy atom. The first-order chi connectivity index (χ1) is 21.1. The number of phenols is 1. The van der Waals surface area contributed by atoms with E-state index >= 15 is 0 Å². The summed E-state index contributed by atoms with van der Waals surface area (Å²) in [6.45, 7) is 2.49. The van der Waals surface area contributed by atoms with E-state index in [1.54, 1.807) is 30.4 Å². The maximum absolute atomic E-state index is 12.0. The molecule has 0 radical (unpaired) electrons. The molecule has 4 rings (SSSR count). The summed E-state index contributed by atoms with van der Waals surface area (Å²) in [5, 5.41) is 60.1. The number of aromatic hydroxyl groups is 1. The van der Waals surface area contributed by atoms with Crippen LogP contribution in [0.4, 0.5) is 0 Å². The molecular formula is C31H38O13. The third-order valence-electron chi connectivity index (χ3n) is 7.48. The Hall–Kier alpha value is -3.69. The second-order valence-corrected chi connectivity index (χ2v) is 10.3. The Morgan fingerprint density at radius 1 is 1.02 bits per heavy atom. The zero-order valence-electron chi connectivity index (χ0n) is 24.4. The van der Waals surface area contributed by atoms with E-state index in [9.17, 15) is 30.3 Å². The van der Waals surface area contributed by atoms with Crippen LogP contribution in [0.5, 0.6) is 23.0 Å². The predicted molar refractivity (Wildman–Crippen MR) is 154 cm³/mol. The van der Waals surface area contributed by atoms with Gasteiger partial charge in [0.05, 0.1) is 33.4 Å². The number of carbonyl (C=O) groups is 1. The maximum atomic E-state index is 12.0. The number of ether oxygens (including phenoxy) is 6. The Labute approximate surface area is 254 Å². The quantitative estimate of drug-likeness (QED) is 0.137. The molecule has 0 bridgehead atoms. The summed E-state index contributed by atoms with van der Waals surface area (Å²) in [7, 11) is 2.94. The van der Waals surface area contributed by atoms with Crippen LogP contribution in [0.25, 0.3) is 6.08 Å². The van der Waals surface area contributed by atoms with Crippen LogP contribution in [-0.4, -0.2) is 108 Å². The summed E-state index contributed by atoms with van der Waals surface area (Å²) in [6, 6.07) is 8.43. The monoisotopic (exact) mass is 618 g/mol. The number of rotatable bonds is 13. The standard InChI is InChI=1S/C31H38O13/c1-16(8-9-32)30(38)42-15-24-25(35)26(36)27(37)31(43-24)41-10-4-5-17-11-19-20(14-33)28(44-29(19)23(12-17)40-3)18-6-7-21(34)22(13-18)39-2/h4-7,11-13,20,24-28,31-37H,1,8-10,14-15H2,2-3H3/t20-,24+,25+,26-,27+,28+,31+/m0/s1. The summed E-state index contributed by atoms with van der Waals surface area (Å²) in [5.41, 5.74) is 2.15. The summed E-state index contributed by atoms with van der Waals surface area (Å²) in [4.78, 5) is 12.0. The van der Waals surface area contributed by atoms with E-state index in [1.165, 1.54) is 20.3 Å². The first-order valence-electron chi connectivity index (χ1n) is 13.9. The van der Waals surface area contributed by atoms with E-state index in [0.717, 1.165) is 0 Å². The van der Waals surface area contributed by atoms with Crippen molar-refractivity contribution in [2.75, 3.05) is 40.6 Å². The van der Waals surface area contributed by atoms with Crippen LogP contribution in [0.1, 0.15) is 35.1 Å². The molecule has 13 nitrogen and oxygen atoms in total. The highest BCUT2D eigenvalue weighted by molar-refractivity contribution is 5.87. The number of esters is 1. The lowest BCUT2D eigenvalue weighted by molar-refractivity contribution is -0.299. The number of aliphatic hydroxyl groups excluding tert-OH is 5. The Balaban J connectivity index is 1.42. The van der Waals surface area contributed by atoms with E-state index in [1.807, 2.05) is 6.07 Å². The minimum Gasteiger partial charge on any atom is -0.504 e. The zero-order chi connectivity index (χ0) is 32.0. The average molecular weight is 619 g/mol. The summed E-state index contributed by atoms with van der Waals surface area (Å²) >= 11 is 0. The lowest BCUT2D eigenvalue weighted by atomic mass is 9.90. The van der Waals surface area contributed by atoms with E-state index in [-0.39, 0.29) is 43.3 Å². The molecule has 0 spiro atoms. The van der Waals surface area contributed by atoms with Gasteiger partial charge in [-0.1, -0.05) is 24.8 Å². The molecule has 2 aliphatic rings. The van der Waals surface area contributed by atoms with Gasteiger partial charge in [-0.05, 0) is 35.4 Å². The lowest BCUT2D eigenvalue weighted by Gasteiger charge is -2.39. The van der Waals surface area contributed by atoms with Crippen LogP contribution in [0.15, 0.2) is 48.6 Å². The molecule has 13 heteroatoms. The number of hydrogen-bond acceptors (Lipinski definition) is 13. The van der Waals surface area contributed by atoms with Crippen LogP contribution in [0.3, 0.4) is 0 Å². The molecule has 1 fully saturated rings. The zero-order valence-corrected chi connectivity index (χ0v) is 24.4. The van der Waals surface area contributed by atoms with Crippen molar-refractivity contribution < 1.29 is 63.9 Å². The fourth-order valence-corrected chi connectivity index (χ4v) is 5.06. The average Bonchev–Trinajstić information content (AvgIpc) is 3.40. The van der Waals surface area contributed by atoms with Gasteiger partial charge in [0.1, 0.15) is 37.1 Å². The molecule has 0 aromatic heterocycles. The van der Waals surface area contributed by atoms with Crippen molar-refractivity contribution in [3.63, 3.8) is 0 Å².